The smallest absolute Gasteiger partial charge is 0.410 e. The number of nitrogens with zero attached hydrogens (tertiary/aromatic N) is 2. The summed E-state index contributed by atoms with van der Waals surface area (Å²) in [5, 5.41) is 3.09. The summed E-state index contributed by atoms with van der Waals surface area (Å²) in [7, 11) is 0. The van der Waals surface area contributed by atoms with Gasteiger partial charge < -0.3 is 19.9 Å². The predicted octanol–water partition coefficient (Wildman–Crippen LogP) is 2.59. The third-order valence-corrected chi connectivity index (χ3v) is 4.71. The largest absolute Gasteiger partial charge is 0.445 e. The average molecular weight is 331 g/mol. The van der Waals surface area contributed by atoms with Crippen LogP contribution in [0.4, 0.5) is 9.59 Å². The fourth-order valence-corrected chi connectivity index (χ4v) is 3.24. The number of rotatable bonds is 3. The van der Waals surface area contributed by atoms with Crippen LogP contribution in [0.15, 0.2) is 30.3 Å². The lowest BCUT2D eigenvalue weighted by molar-refractivity contribution is 0.0765. The maximum Gasteiger partial charge on any atom is 0.410 e. The van der Waals surface area contributed by atoms with Crippen molar-refractivity contribution in [1.29, 1.82) is 0 Å². The van der Waals surface area contributed by atoms with Crippen molar-refractivity contribution >= 4 is 12.1 Å². The Bertz CT molecular complexity index is 550. The van der Waals surface area contributed by atoms with Crippen LogP contribution in [-0.4, -0.2) is 54.1 Å². The van der Waals surface area contributed by atoms with Crippen molar-refractivity contribution in [3.63, 3.8) is 0 Å². The van der Waals surface area contributed by atoms with Crippen molar-refractivity contribution in [3.8, 4) is 0 Å². The van der Waals surface area contributed by atoms with Crippen LogP contribution in [0.5, 0.6) is 0 Å². The molecule has 24 heavy (non-hydrogen) atoms. The number of carbonyl (C=O) groups excluding carboxylic acids is 2. The van der Waals surface area contributed by atoms with Crippen molar-refractivity contribution in [1.82, 2.24) is 15.1 Å². The van der Waals surface area contributed by atoms with Crippen LogP contribution in [0, 0.1) is 0 Å². The van der Waals surface area contributed by atoms with Crippen molar-refractivity contribution in [3.05, 3.63) is 35.9 Å². The number of piperazine rings is 1. The molecule has 2 aliphatic rings. The molecule has 0 spiro atoms. The lowest BCUT2D eigenvalue weighted by Crippen LogP contribution is -2.54. The third-order valence-electron chi connectivity index (χ3n) is 4.71. The maximum absolute atomic E-state index is 12.2. The average Bonchev–Trinajstić information content (AvgIpc) is 3.13. The van der Waals surface area contributed by atoms with E-state index in [4.69, 9.17) is 4.74 Å². The normalized spacial score (nSPS) is 18.5. The van der Waals surface area contributed by atoms with Crippen LogP contribution < -0.4 is 5.32 Å². The number of hydrogen-bond acceptors (Lipinski definition) is 3. The summed E-state index contributed by atoms with van der Waals surface area (Å²) >= 11 is 0. The van der Waals surface area contributed by atoms with E-state index in [-0.39, 0.29) is 18.7 Å². The molecule has 2 fully saturated rings. The van der Waals surface area contributed by atoms with E-state index in [9.17, 15) is 9.59 Å². The van der Waals surface area contributed by atoms with E-state index < -0.39 is 0 Å². The van der Waals surface area contributed by atoms with Gasteiger partial charge >= 0.3 is 12.1 Å². The van der Waals surface area contributed by atoms with Crippen molar-refractivity contribution in [2.24, 2.45) is 0 Å². The summed E-state index contributed by atoms with van der Waals surface area (Å²) in [5.41, 5.74) is 0.973. The molecule has 1 aromatic rings. The molecule has 1 aromatic carbocycles. The Balaban J connectivity index is 1.39. The zero-order valence-corrected chi connectivity index (χ0v) is 13.9. The fraction of sp³-hybridized carbons (Fsp3) is 0.556. The summed E-state index contributed by atoms with van der Waals surface area (Å²) in [6.45, 7) is 2.43. The summed E-state index contributed by atoms with van der Waals surface area (Å²) in [6, 6.07) is 9.96. The molecule has 130 valence electrons. The van der Waals surface area contributed by atoms with Gasteiger partial charge in [-0.05, 0) is 18.4 Å². The Morgan fingerprint density at radius 2 is 1.62 bits per heavy atom. The van der Waals surface area contributed by atoms with Gasteiger partial charge in [-0.15, -0.1) is 0 Å². The van der Waals surface area contributed by atoms with Crippen LogP contribution in [0.3, 0.4) is 0 Å². The van der Waals surface area contributed by atoms with Crippen LogP contribution >= 0.6 is 0 Å². The molecule has 1 aliphatic carbocycles. The van der Waals surface area contributed by atoms with Crippen LogP contribution in [-0.2, 0) is 11.3 Å². The zero-order valence-electron chi connectivity index (χ0n) is 13.9. The molecule has 0 unspecified atom stereocenters. The van der Waals surface area contributed by atoms with Gasteiger partial charge in [0, 0.05) is 32.2 Å². The molecule has 6 heteroatoms. The van der Waals surface area contributed by atoms with E-state index in [1.807, 2.05) is 30.3 Å². The molecular formula is C18H25N3O3. The van der Waals surface area contributed by atoms with E-state index in [2.05, 4.69) is 5.32 Å². The maximum atomic E-state index is 12.2. The highest BCUT2D eigenvalue weighted by molar-refractivity contribution is 5.75. The first-order chi connectivity index (χ1) is 11.7. The minimum absolute atomic E-state index is 0.000738. The molecule has 3 rings (SSSR count). The number of amides is 3. The quantitative estimate of drug-likeness (QED) is 0.926. The van der Waals surface area contributed by atoms with Crippen LogP contribution in [0.25, 0.3) is 0 Å². The summed E-state index contributed by atoms with van der Waals surface area (Å²) in [4.78, 5) is 27.8. The van der Waals surface area contributed by atoms with Crippen LogP contribution in [0.2, 0.25) is 0 Å². The van der Waals surface area contributed by atoms with Gasteiger partial charge in [-0.25, -0.2) is 9.59 Å². The highest BCUT2D eigenvalue weighted by atomic mass is 16.6. The van der Waals surface area contributed by atoms with Gasteiger partial charge in [0.2, 0.25) is 0 Å². The lowest BCUT2D eigenvalue weighted by Gasteiger charge is -2.34. The van der Waals surface area contributed by atoms with E-state index in [1.54, 1.807) is 9.80 Å². The van der Waals surface area contributed by atoms with Gasteiger partial charge in [0.25, 0.3) is 0 Å². The lowest BCUT2D eigenvalue weighted by atomic mass is 10.2. The molecule has 6 nitrogen and oxygen atoms in total. The van der Waals surface area contributed by atoms with Crippen molar-refractivity contribution in [2.45, 2.75) is 38.3 Å². The topological polar surface area (TPSA) is 61.9 Å². The molecule has 0 atom stereocenters. The fourth-order valence-electron chi connectivity index (χ4n) is 3.24. The van der Waals surface area contributed by atoms with E-state index in [0.717, 1.165) is 18.4 Å². The highest BCUT2D eigenvalue weighted by Crippen LogP contribution is 2.18. The summed E-state index contributed by atoms with van der Waals surface area (Å²) < 4.78 is 5.34. The second kappa shape index (κ2) is 8.04. The number of benzene rings is 1. The van der Waals surface area contributed by atoms with Crippen molar-refractivity contribution in [2.75, 3.05) is 26.2 Å². The Labute approximate surface area is 142 Å². The second-order valence-electron chi connectivity index (χ2n) is 6.45. The Kier molecular flexibility index (Phi) is 5.56. The summed E-state index contributed by atoms with van der Waals surface area (Å²) in [5.74, 6) is 0. The predicted molar refractivity (Wildman–Crippen MR) is 90.6 cm³/mol. The summed E-state index contributed by atoms with van der Waals surface area (Å²) in [6.07, 6.45) is 4.25. The van der Waals surface area contributed by atoms with Gasteiger partial charge in [0.05, 0.1) is 0 Å². The van der Waals surface area contributed by atoms with E-state index in [0.29, 0.717) is 32.2 Å². The number of hydrogen-bond donors (Lipinski definition) is 1. The first-order valence-electron chi connectivity index (χ1n) is 8.73. The molecule has 0 radical (unpaired) electrons. The number of ether oxygens (including phenoxy) is 1. The molecular weight excluding hydrogens is 306 g/mol. The second-order valence-corrected chi connectivity index (χ2v) is 6.45. The Morgan fingerprint density at radius 1 is 1.00 bits per heavy atom. The van der Waals surface area contributed by atoms with E-state index >= 15 is 0 Å². The first kappa shape index (κ1) is 16.6. The third kappa shape index (κ3) is 4.40. The molecule has 1 N–H and O–H groups in total. The zero-order chi connectivity index (χ0) is 16.8. The van der Waals surface area contributed by atoms with Crippen molar-refractivity contribution < 1.29 is 14.3 Å². The highest BCUT2D eigenvalue weighted by Gasteiger charge is 2.26. The molecule has 1 saturated carbocycles. The van der Waals surface area contributed by atoms with Crippen LogP contribution in [0.1, 0.15) is 31.2 Å². The minimum Gasteiger partial charge on any atom is -0.445 e. The molecule has 1 saturated heterocycles. The minimum atomic E-state index is -0.310. The molecule has 1 heterocycles. The molecule has 1 aliphatic heterocycles. The van der Waals surface area contributed by atoms with Gasteiger partial charge in [-0.3, -0.25) is 0 Å². The molecule has 3 amide bonds. The van der Waals surface area contributed by atoms with E-state index in [1.165, 1.54) is 12.8 Å². The molecule has 0 aromatic heterocycles. The van der Waals surface area contributed by atoms with Gasteiger partial charge in [0.1, 0.15) is 6.61 Å². The SMILES string of the molecule is O=C(NC1CCCC1)N1CCN(C(=O)OCc2ccccc2)CC1. The van der Waals surface area contributed by atoms with Gasteiger partial charge in [-0.2, -0.15) is 0 Å². The molecule has 0 bridgehead atoms. The number of carbonyl (C=O) groups is 2. The van der Waals surface area contributed by atoms with Gasteiger partial charge in [0.15, 0.2) is 0 Å². The standard InChI is InChI=1S/C18H25N3O3/c22-17(19-16-8-4-5-9-16)20-10-12-21(13-11-20)18(23)24-14-15-6-2-1-3-7-15/h1-3,6-7,16H,4-5,8-14H2,(H,19,22). The Morgan fingerprint density at radius 3 is 2.29 bits per heavy atom. The first-order valence-corrected chi connectivity index (χ1v) is 8.73. The number of nitrogens with one attached hydrogen (secondary N) is 1. The monoisotopic (exact) mass is 331 g/mol. The Hall–Kier alpha value is -2.24. The van der Waals surface area contributed by atoms with Gasteiger partial charge in [-0.1, -0.05) is 43.2 Å². The number of urea groups is 1.